The summed E-state index contributed by atoms with van der Waals surface area (Å²) >= 11 is 0. The van der Waals surface area contributed by atoms with Gasteiger partial charge in [-0.05, 0) is 45.1 Å². The van der Waals surface area contributed by atoms with Crippen LogP contribution in [0, 0.1) is 0 Å². The number of benzene rings is 1. The number of nitrogen functional groups attached to an aromatic ring is 1. The van der Waals surface area contributed by atoms with Gasteiger partial charge in [-0.1, -0.05) is 18.2 Å². The smallest absolute Gasteiger partial charge is 0.0359 e. The molecule has 0 amide bonds. The van der Waals surface area contributed by atoms with Gasteiger partial charge < -0.3 is 10.6 Å². The lowest BCUT2D eigenvalue weighted by molar-refractivity contribution is 0.201. The Morgan fingerprint density at radius 3 is 2.82 bits per heavy atom. The maximum absolute atomic E-state index is 6.01. The van der Waals surface area contributed by atoms with Gasteiger partial charge in [-0.3, -0.25) is 4.90 Å². The van der Waals surface area contributed by atoms with Gasteiger partial charge in [0.15, 0.2) is 0 Å². The fourth-order valence-corrected chi connectivity index (χ4v) is 2.63. The third kappa shape index (κ3) is 3.20. The Morgan fingerprint density at radius 2 is 2.12 bits per heavy atom. The summed E-state index contributed by atoms with van der Waals surface area (Å²) in [4.78, 5) is 4.84. The second-order valence-corrected chi connectivity index (χ2v) is 5.23. The predicted molar refractivity (Wildman–Crippen MR) is 72.8 cm³/mol. The molecule has 1 aliphatic rings. The molecule has 17 heavy (non-hydrogen) atoms. The minimum absolute atomic E-state index is 0.685. The third-order valence-electron chi connectivity index (χ3n) is 3.50. The van der Waals surface area contributed by atoms with Crippen molar-refractivity contribution in [2.75, 3.05) is 32.9 Å². The standard InChI is InChI=1S/C14H23N3/c1-16(2)11-13-7-5-9-17(13)10-12-6-3-4-8-14(12)15/h3-4,6,8,13H,5,7,9-11,15H2,1-2H3. The van der Waals surface area contributed by atoms with Crippen molar-refractivity contribution in [2.45, 2.75) is 25.4 Å². The lowest BCUT2D eigenvalue weighted by Gasteiger charge is -2.27. The normalized spacial score (nSPS) is 21.2. The zero-order chi connectivity index (χ0) is 12.3. The largest absolute Gasteiger partial charge is 0.398 e. The van der Waals surface area contributed by atoms with Crippen LogP contribution in [0.25, 0.3) is 0 Å². The molecule has 1 aliphatic heterocycles. The summed E-state index contributed by atoms with van der Waals surface area (Å²) in [6.07, 6.45) is 2.62. The van der Waals surface area contributed by atoms with Gasteiger partial charge in [0.05, 0.1) is 0 Å². The molecule has 0 aliphatic carbocycles. The van der Waals surface area contributed by atoms with Gasteiger partial charge >= 0.3 is 0 Å². The first-order valence-corrected chi connectivity index (χ1v) is 6.39. The molecule has 1 saturated heterocycles. The van der Waals surface area contributed by atoms with Crippen LogP contribution in [0.3, 0.4) is 0 Å². The third-order valence-corrected chi connectivity index (χ3v) is 3.50. The van der Waals surface area contributed by atoms with Crippen molar-refractivity contribution in [3.63, 3.8) is 0 Å². The molecule has 1 heterocycles. The van der Waals surface area contributed by atoms with E-state index in [0.717, 1.165) is 18.8 Å². The molecule has 1 fully saturated rings. The molecule has 2 rings (SSSR count). The fraction of sp³-hybridized carbons (Fsp3) is 0.571. The van der Waals surface area contributed by atoms with Gasteiger partial charge in [-0.2, -0.15) is 0 Å². The van der Waals surface area contributed by atoms with Gasteiger partial charge in [0.25, 0.3) is 0 Å². The first kappa shape index (κ1) is 12.4. The van der Waals surface area contributed by atoms with Gasteiger partial charge in [-0.15, -0.1) is 0 Å². The van der Waals surface area contributed by atoms with Gasteiger partial charge in [-0.25, -0.2) is 0 Å². The molecule has 0 radical (unpaired) electrons. The Kier molecular flexibility index (Phi) is 4.02. The van der Waals surface area contributed by atoms with Crippen LogP contribution in [0.1, 0.15) is 18.4 Å². The highest BCUT2D eigenvalue weighted by atomic mass is 15.2. The number of nitrogens with zero attached hydrogens (tertiary/aromatic N) is 2. The number of para-hydroxylation sites is 1. The molecule has 1 unspecified atom stereocenters. The SMILES string of the molecule is CN(C)CC1CCCN1Cc1ccccc1N. The van der Waals surface area contributed by atoms with Crippen LogP contribution in [-0.2, 0) is 6.54 Å². The molecule has 3 heteroatoms. The van der Waals surface area contributed by atoms with E-state index in [4.69, 9.17) is 5.73 Å². The molecular formula is C14H23N3. The first-order valence-electron chi connectivity index (χ1n) is 6.39. The van der Waals surface area contributed by atoms with E-state index in [2.05, 4.69) is 36.0 Å². The van der Waals surface area contributed by atoms with Crippen molar-refractivity contribution >= 4 is 5.69 Å². The lowest BCUT2D eigenvalue weighted by Crippen LogP contribution is -2.37. The van der Waals surface area contributed by atoms with Crippen molar-refractivity contribution in [3.8, 4) is 0 Å². The number of anilines is 1. The van der Waals surface area contributed by atoms with Gasteiger partial charge in [0.2, 0.25) is 0 Å². The van der Waals surface area contributed by atoms with E-state index >= 15 is 0 Å². The Balaban J connectivity index is 2.00. The molecule has 1 aromatic carbocycles. The first-order chi connectivity index (χ1) is 8.16. The van der Waals surface area contributed by atoms with Crippen molar-refractivity contribution in [1.82, 2.24) is 9.80 Å². The number of likely N-dealkylation sites (N-methyl/N-ethyl adjacent to an activating group) is 1. The van der Waals surface area contributed by atoms with Crippen LogP contribution in [0.2, 0.25) is 0 Å². The second-order valence-electron chi connectivity index (χ2n) is 5.23. The molecule has 0 bridgehead atoms. The minimum atomic E-state index is 0.685. The van der Waals surface area contributed by atoms with Gasteiger partial charge in [0.1, 0.15) is 0 Å². The summed E-state index contributed by atoms with van der Waals surface area (Å²) in [6.45, 7) is 3.34. The summed E-state index contributed by atoms with van der Waals surface area (Å²) in [5.74, 6) is 0. The summed E-state index contributed by atoms with van der Waals surface area (Å²) in [7, 11) is 4.29. The van der Waals surface area contributed by atoms with Crippen molar-refractivity contribution in [3.05, 3.63) is 29.8 Å². The monoisotopic (exact) mass is 233 g/mol. The Hall–Kier alpha value is -1.06. The topological polar surface area (TPSA) is 32.5 Å². The van der Waals surface area contributed by atoms with Crippen LogP contribution in [0.4, 0.5) is 5.69 Å². The van der Waals surface area contributed by atoms with Gasteiger partial charge in [0, 0.05) is 24.8 Å². The van der Waals surface area contributed by atoms with Crippen LogP contribution in [-0.4, -0.2) is 43.0 Å². The summed E-state index contributed by atoms with van der Waals surface area (Å²) in [6, 6.07) is 8.89. The zero-order valence-corrected chi connectivity index (χ0v) is 10.9. The number of rotatable bonds is 4. The highest BCUT2D eigenvalue weighted by Crippen LogP contribution is 2.22. The second kappa shape index (κ2) is 5.52. The summed E-state index contributed by atoms with van der Waals surface area (Å²) < 4.78 is 0. The Bertz CT molecular complexity index is 362. The van der Waals surface area contributed by atoms with Crippen molar-refractivity contribution in [2.24, 2.45) is 0 Å². The summed E-state index contributed by atoms with van der Waals surface area (Å²) in [5.41, 5.74) is 8.19. The number of hydrogen-bond acceptors (Lipinski definition) is 3. The molecule has 0 spiro atoms. The average molecular weight is 233 g/mol. The van der Waals surface area contributed by atoms with E-state index in [-0.39, 0.29) is 0 Å². The van der Waals surface area contributed by atoms with Crippen molar-refractivity contribution < 1.29 is 0 Å². The number of nitrogens with two attached hydrogens (primary N) is 1. The Morgan fingerprint density at radius 1 is 1.35 bits per heavy atom. The number of likely N-dealkylation sites (tertiary alicyclic amines) is 1. The highest BCUT2D eigenvalue weighted by Gasteiger charge is 2.25. The molecule has 94 valence electrons. The lowest BCUT2D eigenvalue weighted by atomic mass is 10.1. The van der Waals surface area contributed by atoms with E-state index in [1.165, 1.54) is 24.9 Å². The number of hydrogen-bond donors (Lipinski definition) is 1. The van der Waals surface area contributed by atoms with E-state index in [0.29, 0.717) is 6.04 Å². The molecule has 0 aromatic heterocycles. The van der Waals surface area contributed by atoms with Crippen LogP contribution in [0.5, 0.6) is 0 Å². The molecule has 2 N–H and O–H groups in total. The zero-order valence-electron chi connectivity index (χ0n) is 10.9. The Labute approximate surface area is 104 Å². The summed E-state index contributed by atoms with van der Waals surface area (Å²) in [5, 5.41) is 0. The van der Waals surface area contributed by atoms with Crippen molar-refractivity contribution in [1.29, 1.82) is 0 Å². The van der Waals surface area contributed by atoms with E-state index in [9.17, 15) is 0 Å². The molecule has 1 atom stereocenters. The highest BCUT2D eigenvalue weighted by molar-refractivity contribution is 5.46. The van der Waals surface area contributed by atoms with E-state index in [1.54, 1.807) is 0 Å². The fourth-order valence-electron chi connectivity index (χ4n) is 2.63. The van der Waals surface area contributed by atoms with Crippen LogP contribution >= 0.6 is 0 Å². The maximum Gasteiger partial charge on any atom is 0.0359 e. The average Bonchev–Trinajstić information content (AvgIpc) is 2.68. The van der Waals surface area contributed by atoms with Crippen LogP contribution < -0.4 is 5.73 Å². The maximum atomic E-state index is 6.01. The van der Waals surface area contributed by atoms with E-state index < -0.39 is 0 Å². The molecule has 1 aromatic rings. The predicted octanol–water partition coefficient (Wildman–Crippen LogP) is 1.79. The molecular weight excluding hydrogens is 210 g/mol. The molecule has 0 saturated carbocycles. The quantitative estimate of drug-likeness (QED) is 0.805. The van der Waals surface area contributed by atoms with E-state index in [1.807, 2.05) is 12.1 Å². The van der Waals surface area contributed by atoms with Crippen LogP contribution in [0.15, 0.2) is 24.3 Å². The molecule has 3 nitrogen and oxygen atoms in total. The minimum Gasteiger partial charge on any atom is -0.398 e.